The molecule has 0 atom stereocenters. The van der Waals surface area contributed by atoms with Crippen LogP contribution in [0.4, 0.5) is 0 Å². The maximum Gasteiger partial charge on any atom is 0.399 e. The first kappa shape index (κ1) is 9.75. The van der Waals surface area contributed by atoms with Crippen molar-refractivity contribution in [3.05, 3.63) is 41.8 Å². The lowest BCUT2D eigenvalue weighted by molar-refractivity contribution is 0.330. The van der Waals surface area contributed by atoms with E-state index in [9.17, 15) is 0 Å². The Bertz CT molecular complexity index is 576. The van der Waals surface area contributed by atoms with Crippen molar-refractivity contribution in [1.82, 2.24) is 4.98 Å². The van der Waals surface area contributed by atoms with Gasteiger partial charge in [-0.15, -0.1) is 0 Å². The smallest absolute Gasteiger partial charge is 0.399 e. The lowest BCUT2D eigenvalue weighted by Gasteiger charge is -2.01. The van der Waals surface area contributed by atoms with Crippen molar-refractivity contribution in [3.63, 3.8) is 0 Å². The number of rotatable bonds is 2. The van der Waals surface area contributed by atoms with Crippen LogP contribution < -0.4 is 4.74 Å². The Morgan fingerprint density at radius 3 is 2.62 bits per heavy atom. The molecule has 16 heavy (non-hydrogen) atoms. The molecular formula is C11H5N3O2. The first-order valence-corrected chi connectivity index (χ1v) is 4.35. The monoisotopic (exact) mass is 211 g/mol. The highest BCUT2D eigenvalue weighted by molar-refractivity contribution is 5.49. The van der Waals surface area contributed by atoms with Crippen LogP contribution in [-0.2, 0) is 0 Å². The van der Waals surface area contributed by atoms with E-state index >= 15 is 0 Å². The van der Waals surface area contributed by atoms with E-state index in [1.54, 1.807) is 6.07 Å². The van der Waals surface area contributed by atoms with E-state index in [0.717, 1.165) is 0 Å². The third-order valence-electron chi connectivity index (χ3n) is 1.85. The fourth-order valence-electron chi connectivity index (χ4n) is 1.14. The Balaban J connectivity index is 2.31. The van der Waals surface area contributed by atoms with Crippen LogP contribution in [0, 0.1) is 22.7 Å². The highest BCUT2D eigenvalue weighted by Crippen LogP contribution is 2.22. The summed E-state index contributed by atoms with van der Waals surface area (Å²) in [5.74, 6) is 0.401. The van der Waals surface area contributed by atoms with Crippen molar-refractivity contribution >= 4 is 0 Å². The van der Waals surface area contributed by atoms with Crippen LogP contribution in [0.15, 0.2) is 35.1 Å². The molecule has 0 amide bonds. The molecule has 0 fully saturated rings. The molecule has 0 radical (unpaired) electrons. The first-order valence-electron chi connectivity index (χ1n) is 4.35. The molecule has 0 aliphatic rings. The zero-order valence-electron chi connectivity index (χ0n) is 8.04. The predicted octanol–water partition coefficient (Wildman–Crippen LogP) is 2.21. The fourth-order valence-corrected chi connectivity index (χ4v) is 1.14. The van der Waals surface area contributed by atoms with Gasteiger partial charge < -0.3 is 9.15 Å². The molecular weight excluding hydrogens is 206 g/mol. The molecule has 0 saturated carbocycles. The highest BCUT2D eigenvalue weighted by Gasteiger charge is 2.06. The standard InChI is InChI=1S/C11H5N3O2/c12-6-8-1-2-10(5-9(8)7-13)16-11-14-3-4-15-11/h1-5H. The number of nitrogens with zero attached hydrogens (tertiary/aromatic N) is 3. The minimum absolute atomic E-state index is 0.0913. The van der Waals surface area contributed by atoms with Gasteiger partial charge in [-0.25, -0.2) is 0 Å². The van der Waals surface area contributed by atoms with Crippen molar-refractivity contribution in [1.29, 1.82) is 10.5 Å². The van der Waals surface area contributed by atoms with Crippen molar-refractivity contribution in [2.24, 2.45) is 0 Å². The largest absolute Gasteiger partial charge is 0.417 e. The number of aromatic nitrogens is 1. The minimum atomic E-state index is 0.0913. The summed E-state index contributed by atoms with van der Waals surface area (Å²) in [6.45, 7) is 0. The summed E-state index contributed by atoms with van der Waals surface area (Å²) in [7, 11) is 0. The van der Waals surface area contributed by atoms with Gasteiger partial charge in [0.05, 0.1) is 17.3 Å². The average molecular weight is 211 g/mol. The van der Waals surface area contributed by atoms with Crippen LogP contribution >= 0.6 is 0 Å². The summed E-state index contributed by atoms with van der Waals surface area (Å²) in [5.41, 5.74) is 0.564. The summed E-state index contributed by atoms with van der Waals surface area (Å²) < 4.78 is 10.1. The minimum Gasteiger partial charge on any atom is -0.417 e. The highest BCUT2D eigenvalue weighted by atomic mass is 16.6. The number of oxazole rings is 1. The molecule has 0 spiro atoms. The second-order valence-electron chi connectivity index (χ2n) is 2.83. The number of benzene rings is 1. The second kappa shape index (κ2) is 4.16. The van der Waals surface area contributed by atoms with Crippen molar-refractivity contribution < 1.29 is 9.15 Å². The van der Waals surface area contributed by atoms with Gasteiger partial charge in [0.2, 0.25) is 0 Å². The van der Waals surface area contributed by atoms with E-state index in [4.69, 9.17) is 19.7 Å². The van der Waals surface area contributed by atoms with E-state index in [1.807, 2.05) is 12.1 Å². The van der Waals surface area contributed by atoms with E-state index in [2.05, 4.69) is 4.98 Å². The maximum absolute atomic E-state index is 8.80. The van der Waals surface area contributed by atoms with Gasteiger partial charge in [0.15, 0.2) is 0 Å². The van der Waals surface area contributed by atoms with Crippen LogP contribution in [0.2, 0.25) is 0 Å². The Kier molecular flexibility index (Phi) is 2.53. The number of nitriles is 2. The van der Waals surface area contributed by atoms with Crippen LogP contribution in [0.3, 0.4) is 0 Å². The molecule has 0 bridgehead atoms. The molecule has 1 heterocycles. The molecule has 0 unspecified atom stereocenters. The zero-order valence-corrected chi connectivity index (χ0v) is 8.04. The summed E-state index contributed by atoms with van der Waals surface area (Å²) in [5, 5.41) is 17.5. The molecule has 5 nitrogen and oxygen atoms in total. The van der Waals surface area contributed by atoms with Crippen LogP contribution in [-0.4, -0.2) is 4.98 Å². The fraction of sp³-hybridized carbons (Fsp3) is 0. The maximum atomic E-state index is 8.80. The normalized spacial score (nSPS) is 9.12. The summed E-state index contributed by atoms with van der Waals surface area (Å²) in [6, 6.07) is 8.37. The number of hydrogen-bond donors (Lipinski definition) is 0. The van der Waals surface area contributed by atoms with Gasteiger partial charge in [-0.05, 0) is 12.1 Å². The predicted molar refractivity (Wildman–Crippen MR) is 52.4 cm³/mol. The number of hydrogen-bond acceptors (Lipinski definition) is 5. The Hall–Kier alpha value is -2.79. The van der Waals surface area contributed by atoms with Crippen LogP contribution in [0.25, 0.3) is 0 Å². The van der Waals surface area contributed by atoms with Gasteiger partial charge >= 0.3 is 6.08 Å². The molecule has 0 N–H and O–H groups in total. The lowest BCUT2D eigenvalue weighted by atomic mass is 10.1. The quantitative estimate of drug-likeness (QED) is 0.760. The van der Waals surface area contributed by atoms with Crippen LogP contribution in [0.1, 0.15) is 11.1 Å². The molecule has 2 rings (SSSR count). The molecule has 1 aromatic carbocycles. The molecule has 2 aromatic rings. The molecule has 0 aliphatic carbocycles. The molecule has 0 saturated heterocycles. The van der Waals surface area contributed by atoms with Crippen molar-refractivity contribution in [2.45, 2.75) is 0 Å². The summed E-state index contributed by atoms with van der Waals surface area (Å²) >= 11 is 0. The lowest BCUT2D eigenvalue weighted by Crippen LogP contribution is -1.88. The van der Waals surface area contributed by atoms with Gasteiger partial charge in [0.25, 0.3) is 0 Å². The molecule has 76 valence electrons. The zero-order chi connectivity index (χ0) is 11.4. The Morgan fingerprint density at radius 1 is 1.19 bits per heavy atom. The van der Waals surface area contributed by atoms with Gasteiger partial charge in [0, 0.05) is 6.07 Å². The molecule has 1 aromatic heterocycles. The van der Waals surface area contributed by atoms with Gasteiger partial charge in [-0.1, -0.05) is 0 Å². The summed E-state index contributed by atoms with van der Waals surface area (Å²) in [4.78, 5) is 3.77. The van der Waals surface area contributed by atoms with Crippen molar-refractivity contribution in [3.8, 4) is 24.0 Å². The average Bonchev–Trinajstić information content (AvgIpc) is 2.81. The topological polar surface area (TPSA) is 82.8 Å². The third kappa shape index (κ3) is 1.84. The van der Waals surface area contributed by atoms with Gasteiger partial charge in [-0.3, -0.25) is 0 Å². The first-order chi connectivity index (χ1) is 7.83. The van der Waals surface area contributed by atoms with E-state index in [0.29, 0.717) is 11.3 Å². The van der Waals surface area contributed by atoms with Gasteiger partial charge in [-0.2, -0.15) is 15.5 Å². The molecule has 5 heteroatoms. The number of ether oxygens (including phenoxy) is 1. The van der Waals surface area contributed by atoms with E-state index in [-0.39, 0.29) is 11.6 Å². The van der Waals surface area contributed by atoms with Crippen molar-refractivity contribution in [2.75, 3.05) is 0 Å². The molecule has 0 aliphatic heterocycles. The summed E-state index contributed by atoms with van der Waals surface area (Å²) in [6.07, 6.45) is 2.92. The Labute approximate surface area is 91.1 Å². The Morgan fingerprint density at radius 2 is 2.00 bits per heavy atom. The van der Waals surface area contributed by atoms with Crippen LogP contribution in [0.5, 0.6) is 11.8 Å². The van der Waals surface area contributed by atoms with E-state index in [1.165, 1.54) is 24.6 Å². The van der Waals surface area contributed by atoms with Gasteiger partial charge in [0.1, 0.15) is 24.2 Å². The van der Waals surface area contributed by atoms with E-state index < -0.39 is 0 Å². The third-order valence-corrected chi connectivity index (χ3v) is 1.85. The second-order valence-corrected chi connectivity index (χ2v) is 2.83. The SMILES string of the molecule is N#Cc1ccc(Oc2ncco2)cc1C#N.